The Morgan fingerprint density at radius 3 is 1.58 bits per heavy atom. The Labute approximate surface area is 209 Å². The molecule has 0 aliphatic heterocycles. The fraction of sp³-hybridized carbons (Fsp3) is 0.481. The van der Waals surface area contributed by atoms with Gasteiger partial charge in [-0.05, 0) is 59.9 Å². The van der Waals surface area contributed by atoms with Crippen molar-refractivity contribution in [2.24, 2.45) is 11.8 Å². The smallest absolute Gasteiger partial charge is 0.126 e. The van der Waals surface area contributed by atoms with Crippen molar-refractivity contribution < 1.29 is 46.0 Å². The fourth-order valence-electron chi connectivity index (χ4n) is 5.48. The first-order valence-corrected chi connectivity index (χ1v) is 11.9. The van der Waals surface area contributed by atoms with Crippen molar-refractivity contribution in [3.63, 3.8) is 0 Å². The van der Waals surface area contributed by atoms with Crippen molar-refractivity contribution in [3.05, 3.63) is 74.8 Å². The highest BCUT2D eigenvalue weighted by molar-refractivity contribution is 5.49. The molecule has 0 fully saturated rings. The summed E-state index contributed by atoms with van der Waals surface area (Å²) in [6.45, 7) is -0.553. The minimum Gasteiger partial charge on any atom is -0.508 e. The lowest BCUT2D eigenvalue weighted by atomic mass is 9.58. The predicted molar refractivity (Wildman–Crippen MR) is 132 cm³/mol. The monoisotopic (exact) mass is 504 g/mol. The van der Waals surface area contributed by atoms with Crippen molar-refractivity contribution in [2.75, 3.05) is 26.4 Å². The van der Waals surface area contributed by atoms with Gasteiger partial charge in [-0.2, -0.15) is 0 Å². The van der Waals surface area contributed by atoms with Crippen molar-refractivity contribution in [2.45, 2.75) is 44.8 Å². The van der Waals surface area contributed by atoms with Gasteiger partial charge in [-0.1, -0.05) is 19.1 Å². The summed E-state index contributed by atoms with van der Waals surface area (Å²) in [4.78, 5) is 0. The topological polar surface area (TPSA) is 182 Å². The Morgan fingerprint density at radius 1 is 0.694 bits per heavy atom. The van der Waals surface area contributed by atoms with Gasteiger partial charge >= 0.3 is 0 Å². The number of aromatic hydroxyl groups is 1. The zero-order valence-corrected chi connectivity index (χ0v) is 20.4. The molecule has 0 saturated heterocycles. The molecule has 9 N–H and O–H groups in total. The van der Waals surface area contributed by atoms with E-state index in [0.717, 1.165) is 0 Å². The van der Waals surface area contributed by atoms with Crippen LogP contribution >= 0.6 is 0 Å². The second-order valence-electron chi connectivity index (χ2n) is 9.60. The summed E-state index contributed by atoms with van der Waals surface area (Å²) in [6, 6.07) is 3.27. The first-order chi connectivity index (χ1) is 17.2. The predicted octanol–water partition coefficient (Wildman–Crippen LogP) is 1.51. The number of hydrogen-bond donors (Lipinski definition) is 9. The van der Waals surface area contributed by atoms with E-state index in [-0.39, 0.29) is 59.3 Å². The molecule has 1 aromatic carbocycles. The molecule has 3 unspecified atom stereocenters. The molecule has 0 bridgehead atoms. The average molecular weight is 505 g/mol. The zero-order chi connectivity index (χ0) is 26.6. The van der Waals surface area contributed by atoms with E-state index in [1.807, 2.05) is 6.92 Å². The van der Waals surface area contributed by atoms with Crippen LogP contribution in [-0.4, -0.2) is 72.4 Å². The molecule has 0 amide bonds. The molecular weight excluding hydrogens is 468 g/mol. The third kappa shape index (κ3) is 4.95. The average Bonchev–Trinajstić information content (AvgIpc) is 2.89. The number of benzene rings is 1. The first kappa shape index (κ1) is 27.9. The van der Waals surface area contributed by atoms with Crippen LogP contribution in [0.4, 0.5) is 0 Å². The van der Waals surface area contributed by atoms with E-state index in [4.69, 9.17) is 0 Å². The van der Waals surface area contributed by atoms with Crippen molar-refractivity contribution >= 4 is 0 Å². The maximum atomic E-state index is 10.6. The highest BCUT2D eigenvalue weighted by Crippen LogP contribution is 2.51. The van der Waals surface area contributed by atoms with E-state index in [0.29, 0.717) is 28.7 Å². The Kier molecular flexibility index (Phi) is 8.99. The van der Waals surface area contributed by atoms with Gasteiger partial charge in [-0.25, -0.2) is 0 Å². The minimum absolute atomic E-state index is 0.0632. The van der Waals surface area contributed by atoms with E-state index >= 15 is 0 Å². The molecule has 2 aliphatic rings. The minimum atomic E-state index is -0.898. The van der Waals surface area contributed by atoms with Gasteiger partial charge in [0.05, 0.1) is 33.0 Å². The van der Waals surface area contributed by atoms with E-state index in [1.165, 1.54) is 0 Å². The molecule has 3 atom stereocenters. The van der Waals surface area contributed by atoms with Crippen molar-refractivity contribution in [1.82, 2.24) is 0 Å². The molecule has 0 aromatic heterocycles. The highest BCUT2D eigenvalue weighted by Gasteiger charge is 2.45. The Hall–Kier alpha value is -2.66. The van der Waals surface area contributed by atoms with Crippen molar-refractivity contribution in [1.29, 1.82) is 0 Å². The largest absolute Gasteiger partial charge is 0.508 e. The lowest BCUT2D eigenvalue weighted by molar-refractivity contribution is 0.214. The van der Waals surface area contributed by atoms with E-state index in [9.17, 15) is 46.0 Å². The van der Waals surface area contributed by atoms with Crippen LogP contribution in [0.3, 0.4) is 0 Å². The number of hydrogen-bond acceptors (Lipinski definition) is 9. The third-order valence-electron chi connectivity index (χ3n) is 7.73. The van der Waals surface area contributed by atoms with Gasteiger partial charge < -0.3 is 46.0 Å². The highest BCUT2D eigenvalue weighted by atomic mass is 16.3. The van der Waals surface area contributed by atoms with Gasteiger partial charge in [0.15, 0.2) is 0 Å². The maximum Gasteiger partial charge on any atom is 0.126 e. The van der Waals surface area contributed by atoms with Crippen LogP contribution in [-0.2, 0) is 18.6 Å². The fourth-order valence-corrected chi connectivity index (χ4v) is 5.48. The summed E-state index contributed by atoms with van der Waals surface area (Å²) < 4.78 is 0. The van der Waals surface area contributed by atoms with Crippen LogP contribution in [0.5, 0.6) is 5.75 Å². The molecule has 9 nitrogen and oxygen atoms in total. The second-order valence-corrected chi connectivity index (χ2v) is 9.60. The van der Waals surface area contributed by atoms with Crippen LogP contribution in [0.2, 0.25) is 0 Å². The summed E-state index contributed by atoms with van der Waals surface area (Å²) in [6.07, 6.45) is 4.23. The molecule has 2 aliphatic carbocycles. The maximum absolute atomic E-state index is 10.6. The molecule has 0 saturated carbocycles. The summed E-state index contributed by atoms with van der Waals surface area (Å²) in [5, 5.41) is 90.8. The molecule has 198 valence electrons. The Bertz CT molecular complexity index is 1070. The summed E-state index contributed by atoms with van der Waals surface area (Å²) in [7, 11) is 0. The summed E-state index contributed by atoms with van der Waals surface area (Å²) >= 11 is 0. The van der Waals surface area contributed by atoms with Gasteiger partial charge in [0.1, 0.15) is 17.3 Å². The number of rotatable bonds is 10. The molecule has 0 spiro atoms. The van der Waals surface area contributed by atoms with E-state index in [1.54, 1.807) is 24.3 Å². The summed E-state index contributed by atoms with van der Waals surface area (Å²) in [5.74, 6) is -1.25. The van der Waals surface area contributed by atoms with E-state index in [2.05, 4.69) is 0 Å². The SMILES string of the molecule is CC(c1cc(CO)c(O)c(CO)c1)(C1C=C(CO)C(O)=C(CO)C1)C1C=C(CO)C(O)=C(CCO)C1. The number of aliphatic hydroxyl groups excluding tert-OH is 8. The van der Waals surface area contributed by atoms with Crippen LogP contribution < -0.4 is 0 Å². The van der Waals surface area contributed by atoms with Crippen LogP contribution in [0.25, 0.3) is 0 Å². The van der Waals surface area contributed by atoms with Gasteiger partial charge in [0.25, 0.3) is 0 Å². The molecule has 9 heteroatoms. The van der Waals surface area contributed by atoms with Crippen LogP contribution in [0, 0.1) is 11.8 Å². The van der Waals surface area contributed by atoms with Crippen LogP contribution in [0.15, 0.2) is 58.1 Å². The molecule has 3 rings (SSSR count). The lowest BCUT2D eigenvalue weighted by Crippen LogP contribution is -2.41. The number of phenols is 1. The molecule has 1 aromatic rings. The van der Waals surface area contributed by atoms with Crippen LogP contribution in [0.1, 0.15) is 42.9 Å². The standard InChI is InChI=1S/C27H36O9/c1-27(22-6-17(11-30)25(35)18(7-22)12-31,23-8-19(13-32)26(36)20(9-23)14-33)21-4-15(2-3-28)24(34)16(5-21)10-29/h5-8,21,23,28-36H,2-4,9-14H2,1H3. The van der Waals surface area contributed by atoms with Gasteiger partial charge in [0, 0.05) is 34.3 Å². The lowest BCUT2D eigenvalue weighted by Gasteiger charge is -2.46. The molecule has 0 heterocycles. The first-order valence-electron chi connectivity index (χ1n) is 11.9. The van der Waals surface area contributed by atoms with E-state index < -0.39 is 44.4 Å². The normalized spacial score (nSPS) is 22.4. The number of aliphatic hydroxyl groups is 8. The summed E-state index contributed by atoms with van der Waals surface area (Å²) in [5.41, 5.74) is 1.61. The third-order valence-corrected chi connectivity index (χ3v) is 7.73. The Morgan fingerprint density at radius 2 is 1.17 bits per heavy atom. The van der Waals surface area contributed by atoms with Crippen molar-refractivity contribution in [3.8, 4) is 5.75 Å². The molecule has 0 radical (unpaired) electrons. The second kappa shape index (κ2) is 11.6. The van der Waals surface area contributed by atoms with Gasteiger partial charge in [0.2, 0.25) is 0 Å². The van der Waals surface area contributed by atoms with Gasteiger partial charge in [-0.15, -0.1) is 0 Å². The van der Waals surface area contributed by atoms with Gasteiger partial charge in [-0.3, -0.25) is 0 Å². The molecular formula is C27H36O9. The quantitative estimate of drug-likeness (QED) is 0.228. The molecule has 36 heavy (non-hydrogen) atoms. The zero-order valence-electron chi connectivity index (χ0n) is 20.4. The Balaban J connectivity index is 2.29. The number of allylic oxidation sites excluding steroid dienone is 2.